The van der Waals surface area contributed by atoms with E-state index >= 15 is 0 Å². The number of nitrogens with zero attached hydrogens (tertiary/aromatic N) is 1. The van der Waals surface area contributed by atoms with Crippen molar-refractivity contribution in [2.45, 2.75) is 58.1 Å². The maximum absolute atomic E-state index is 13.0. The molecule has 0 spiro atoms. The second-order valence-electron chi connectivity index (χ2n) is 10.8. The Morgan fingerprint density at radius 3 is 2.26 bits per heavy atom. The number of hydrogen-bond donors (Lipinski definition) is 1. The zero-order valence-electron chi connectivity index (χ0n) is 22.9. The lowest BCUT2D eigenvalue weighted by atomic mass is 10.1. The summed E-state index contributed by atoms with van der Waals surface area (Å²) in [6.07, 6.45) is -5.03. The van der Waals surface area contributed by atoms with Gasteiger partial charge in [0.2, 0.25) is 0 Å². The summed E-state index contributed by atoms with van der Waals surface area (Å²) in [4.78, 5) is 15.6. The zero-order chi connectivity index (χ0) is 29.0. The number of benzene rings is 2. The van der Waals surface area contributed by atoms with Crippen LogP contribution < -0.4 is 9.47 Å². The molecule has 1 N–H and O–H groups in total. The predicted molar refractivity (Wildman–Crippen MR) is 146 cm³/mol. The van der Waals surface area contributed by atoms with Crippen LogP contribution in [0.5, 0.6) is 11.5 Å². The first-order valence-electron chi connectivity index (χ1n) is 12.5. The van der Waals surface area contributed by atoms with Crippen molar-refractivity contribution in [1.29, 1.82) is 0 Å². The summed E-state index contributed by atoms with van der Waals surface area (Å²) in [5.41, 5.74) is 1.59. The van der Waals surface area contributed by atoms with E-state index in [2.05, 4.69) is 33.9 Å². The molecule has 0 radical (unpaired) electrons. The Labute approximate surface area is 227 Å². The molecular formula is C29H34F3NO5Si. The second kappa shape index (κ2) is 11.8. The van der Waals surface area contributed by atoms with Gasteiger partial charge in [0.05, 0.1) is 23.6 Å². The third kappa shape index (κ3) is 8.06. The van der Waals surface area contributed by atoms with Gasteiger partial charge >= 0.3 is 12.1 Å². The molecule has 1 unspecified atom stereocenters. The highest BCUT2D eigenvalue weighted by atomic mass is 28.4. The monoisotopic (exact) mass is 561 g/mol. The highest BCUT2D eigenvalue weighted by molar-refractivity contribution is 6.74. The minimum Gasteiger partial charge on any atom is -0.482 e. The van der Waals surface area contributed by atoms with Gasteiger partial charge in [0.15, 0.2) is 21.0 Å². The van der Waals surface area contributed by atoms with E-state index in [1.165, 1.54) is 12.1 Å². The Morgan fingerprint density at radius 1 is 1.03 bits per heavy atom. The van der Waals surface area contributed by atoms with Gasteiger partial charge < -0.3 is 19.0 Å². The third-order valence-electron chi connectivity index (χ3n) is 6.79. The third-order valence-corrected chi connectivity index (χ3v) is 11.3. The van der Waals surface area contributed by atoms with Gasteiger partial charge in [0, 0.05) is 5.56 Å². The number of alkyl halides is 3. The van der Waals surface area contributed by atoms with Gasteiger partial charge in [-0.2, -0.15) is 13.2 Å². The zero-order valence-corrected chi connectivity index (χ0v) is 23.9. The number of aliphatic carboxylic acids is 1. The molecule has 3 rings (SSSR count). The fourth-order valence-electron chi connectivity index (χ4n) is 3.46. The number of rotatable bonds is 10. The number of halogens is 3. The molecule has 10 heteroatoms. The van der Waals surface area contributed by atoms with Crippen LogP contribution in [0.3, 0.4) is 0 Å². The number of ether oxygens (including phenoxy) is 2. The van der Waals surface area contributed by atoms with E-state index in [9.17, 15) is 18.0 Å². The van der Waals surface area contributed by atoms with Crippen LogP contribution >= 0.6 is 0 Å². The molecule has 0 saturated heterocycles. The van der Waals surface area contributed by atoms with Crippen LogP contribution in [0.1, 0.15) is 43.7 Å². The molecule has 0 fully saturated rings. The Kier molecular flexibility index (Phi) is 9.12. The number of hydrogen-bond acceptors (Lipinski definition) is 5. The molecule has 0 aliphatic heterocycles. The van der Waals surface area contributed by atoms with Gasteiger partial charge in [-0.05, 0) is 73.1 Å². The molecule has 1 heterocycles. The summed E-state index contributed by atoms with van der Waals surface area (Å²) in [6.45, 7) is 12.2. The van der Waals surface area contributed by atoms with Crippen molar-refractivity contribution >= 4 is 14.3 Å². The van der Waals surface area contributed by atoms with E-state index in [1.54, 1.807) is 43.3 Å². The standard InChI is InChI=1S/C29H34F3NO5Si/c1-19-16-22(14-15-25(19)36-18-27(34)35)38-26(17-37-39(5,6)28(2,3)4)24-9-7-8-23(33-24)20-10-12-21(13-11-20)29(30,31)32/h7-16,26H,17-18H2,1-6H3,(H,34,35). The van der Waals surface area contributed by atoms with Crippen molar-refractivity contribution in [3.63, 3.8) is 0 Å². The summed E-state index contributed by atoms with van der Waals surface area (Å²) >= 11 is 0. The molecule has 0 saturated carbocycles. The first-order valence-corrected chi connectivity index (χ1v) is 15.4. The maximum atomic E-state index is 13.0. The summed E-state index contributed by atoms with van der Waals surface area (Å²) in [5, 5.41) is 8.85. The quantitative estimate of drug-likeness (QED) is 0.256. The molecule has 3 aromatic rings. The van der Waals surface area contributed by atoms with E-state index < -0.39 is 38.7 Å². The molecule has 1 aromatic heterocycles. The van der Waals surface area contributed by atoms with Gasteiger partial charge in [-0.3, -0.25) is 0 Å². The molecule has 0 amide bonds. The first kappa shape index (κ1) is 30.2. The molecule has 0 aliphatic carbocycles. The van der Waals surface area contributed by atoms with Crippen molar-refractivity contribution in [2.75, 3.05) is 13.2 Å². The molecular weight excluding hydrogens is 527 g/mol. The second-order valence-corrected chi connectivity index (χ2v) is 15.6. The molecule has 1 atom stereocenters. The van der Waals surface area contributed by atoms with E-state index in [1.807, 2.05) is 0 Å². The highest BCUT2D eigenvalue weighted by Crippen LogP contribution is 2.38. The smallest absolute Gasteiger partial charge is 0.416 e. The van der Waals surface area contributed by atoms with Gasteiger partial charge in [-0.1, -0.05) is 39.0 Å². The largest absolute Gasteiger partial charge is 0.482 e. The topological polar surface area (TPSA) is 77.9 Å². The van der Waals surface area contributed by atoms with Crippen LogP contribution in [0.4, 0.5) is 13.2 Å². The van der Waals surface area contributed by atoms with Gasteiger partial charge in [0.1, 0.15) is 11.5 Å². The number of carbonyl (C=O) groups is 1. The lowest BCUT2D eigenvalue weighted by Crippen LogP contribution is -2.42. The minimum atomic E-state index is -4.42. The number of pyridine rings is 1. The summed E-state index contributed by atoms with van der Waals surface area (Å²) in [5.74, 6) is -0.126. The Bertz CT molecular complexity index is 1290. The van der Waals surface area contributed by atoms with Crippen LogP contribution in [0, 0.1) is 6.92 Å². The van der Waals surface area contributed by atoms with Crippen molar-refractivity contribution in [3.8, 4) is 22.8 Å². The van der Waals surface area contributed by atoms with Crippen LogP contribution in [0.15, 0.2) is 60.7 Å². The molecule has 6 nitrogen and oxygen atoms in total. The van der Waals surface area contributed by atoms with Crippen molar-refractivity contribution in [1.82, 2.24) is 4.98 Å². The van der Waals surface area contributed by atoms with Gasteiger partial charge in [0.25, 0.3) is 0 Å². The molecule has 39 heavy (non-hydrogen) atoms. The normalized spacial score (nSPS) is 13.2. The maximum Gasteiger partial charge on any atom is 0.416 e. The average Bonchev–Trinajstić information content (AvgIpc) is 2.85. The summed E-state index contributed by atoms with van der Waals surface area (Å²) < 4.78 is 57.2. The lowest BCUT2D eigenvalue weighted by Gasteiger charge is -2.37. The van der Waals surface area contributed by atoms with E-state index in [4.69, 9.17) is 24.0 Å². The molecule has 0 aliphatic rings. The molecule has 0 bridgehead atoms. The average molecular weight is 562 g/mol. The minimum absolute atomic E-state index is 0.0349. The van der Waals surface area contributed by atoms with Crippen molar-refractivity contribution in [2.24, 2.45) is 0 Å². The number of carboxylic acid groups (broad SMARTS) is 1. The number of aromatic nitrogens is 1. The van der Waals surface area contributed by atoms with Crippen molar-refractivity contribution < 1.29 is 37.0 Å². The van der Waals surface area contributed by atoms with Crippen LogP contribution in [-0.4, -0.2) is 37.6 Å². The first-order chi connectivity index (χ1) is 18.1. The highest BCUT2D eigenvalue weighted by Gasteiger charge is 2.38. The van der Waals surface area contributed by atoms with Gasteiger partial charge in [-0.25, -0.2) is 9.78 Å². The van der Waals surface area contributed by atoms with Crippen molar-refractivity contribution in [3.05, 3.63) is 77.5 Å². The fraction of sp³-hybridized carbons (Fsp3) is 0.379. The Hall–Kier alpha value is -3.37. The molecule has 2 aromatic carbocycles. The van der Waals surface area contributed by atoms with Crippen LogP contribution in [-0.2, 0) is 15.4 Å². The molecule has 210 valence electrons. The Balaban J connectivity index is 1.92. The fourth-order valence-corrected chi connectivity index (χ4v) is 4.46. The number of carboxylic acids is 1. The van der Waals surface area contributed by atoms with Gasteiger partial charge in [-0.15, -0.1) is 0 Å². The summed E-state index contributed by atoms with van der Waals surface area (Å²) in [7, 11) is -2.15. The lowest BCUT2D eigenvalue weighted by molar-refractivity contribution is -0.139. The van der Waals surface area contributed by atoms with E-state index in [0.717, 1.165) is 12.1 Å². The van der Waals surface area contributed by atoms with Crippen LogP contribution in [0.2, 0.25) is 18.1 Å². The SMILES string of the molecule is Cc1cc(OC(CO[Si](C)(C)C(C)(C)C)c2cccc(-c3ccc(C(F)(F)F)cc3)n2)ccc1OCC(=O)O. The predicted octanol–water partition coefficient (Wildman–Crippen LogP) is 7.68. The Morgan fingerprint density at radius 2 is 1.69 bits per heavy atom. The van der Waals surface area contributed by atoms with E-state index in [-0.39, 0.29) is 11.6 Å². The summed E-state index contributed by atoms with van der Waals surface area (Å²) in [6, 6.07) is 15.3. The number of aryl methyl sites for hydroxylation is 1. The van der Waals surface area contributed by atoms with Crippen LogP contribution in [0.25, 0.3) is 11.3 Å². The van der Waals surface area contributed by atoms with E-state index in [0.29, 0.717) is 34.0 Å².